The summed E-state index contributed by atoms with van der Waals surface area (Å²) in [5, 5.41) is 3.76. The van der Waals surface area contributed by atoms with E-state index in [-0.39, 0.29) is 0 Å². The van der Waals surface area contributed by atoms with Gasteiger partial charge in [0.15, 0.2) is 0 Å². The summed E-state index contributed by atoms with van der Waals surface area (Å²) >= 11 is 0. The third kappa shape index (κ3) is 3.67. The molecule has 0 amide bonds. The van der Waals surface area contributed by atoms with Crippen LogP contribution in [0, 0.1) is 0 Å². The number of piperazine rings is 1. The van der Waals surface area contributed by atoms with Crippen LogP contribution in [0.2, 0.25) is 0 Å². The van der Waals surface area contributed by atoms with Gasteiger partial charge in [0, 0.05) is 63.5 Å². The highest BCUT2D eigenvalue weighted by molar-refractivity contribution is 5.55. The molecule has 132 valence electrons. The van der Waals surface area contributed by atoms with Gasteiger partial charge in [-0.05, 0) is 18.9 Å². The van der Waals surface area contributed by atoms with Crippen molar-refractivity contribution in [2.24, 2.45) is 0 Å². The van der Waals surface area contributed by atoms with Gasteiger partial charge >= 0.3 is 0 Å². The normalized spacial score (nSPS) is 22.4. The first-order chi connectivity index (χ1) is 11.9. The molecular formula is C19H30N4O. The summed E-state index contributed by atoms with van der Waals surface area (Å²) in [6, 6.07) is 2.77. The molecule has 2 fully saturated rings. The van der Waals surface area contributed by atoms with Crippen LogP contribution in [0.15, 0.2) is 12.3 Å². The lowest BCUT2D eigenvalue weighted by Crippen LogP contribution is -2.49. The average Bonchev–Trinajstić information content (AvgIpc) is 3.12. The molecule has 24 heavy (non-hydrogen) atoms. The predicted molar refractivity (Wildman–Crippen MR) is 97.0 cm³/mol. The van der Waals surface area contributed by atoms with E-state index >= 15 is 0 Å². The first-order valence-electron chi connectivity index (χ1n) is 9.71. The Bertz CT molecular complexity index is 536. The highest BCUT2D eigenvalue weighted by Gasteiger charge is 2.24. The van der Waals surface area contributed by atoms with Crippen molar-refractivity contribution in [3.63, 3.8) is 0 Å². The Balaban J connectivity index is 1.23. The fourth-order valence-corrected chi connectivity index (χ4v) is 4.29. The van der Waals surface area contributed by atoms with Gasteiger partial charge in [-0.15, -0.1) is 0 Å². The predicted octanol–water partition coefficient (Wildman–Crippen LogP) is 2.06. The van der Waals surface area contributed by atoms with Gasteiger partial charge in [-0.3, -0.25) is 4.90 Å². The minimum Gasteiger partial charge on any atom is -0.493 e. The fraction of sp³-hybridized carbons (Fsp3) is 0.737. The van der Waals surface area contributed by atoms with E-state index in [9.17, 15) is 0 Å². The van der Waals surface area contributed by atoms with Crippen molar-refractivity contribution in [1.82, 2.24) is 15.2 Å². The van der Waals surface area contributed by atoms with Crippen LogP contribution in [-0.4, -0.2) is 61.8 Å². The Morgan fingerprint density at radius 2 is 1.96 bits per heavy atom. The van der Waals surface area contributed by atoms with E-state index in [4.69, 9.17) is 4.74 Å². The molecule has 0 atom stereocenters. The van der Waals surface area contributed by atoms with E-state index in [0.29, 0.717) is 0 Å². The van der Waals surface area contributed by atoms with Crippen molar-refractivity contribution in [2.45, 2.75) is 44.6 Å². The molecule has 1 N–H and O–H groups in total. The molecule has 4 rings (SSSR count). The van der Waals surface area contributed by atoms with E-state index in [0.717, 1.165) is 63.4 Å². The molecule has 0 aromatic carbocycles. The van der Waals surface area contributed by atoms with Crippen LogP contribution in [0.3, 0.4) is 0 Å². The Hall–Kier alpha value is -1.33. The summed E-state index contributed by atoms with van der Waals surface area (Å²) in [4.78, 5) is 9.67. The van der Waals surface area contributed by atoms with Crippen molar-refractivity contribution < 1.29 is 4.74 Å². The van der Waals surface area contributed by atoms with Gasteiger partial charge < -0.3 is 15.0 Å². The monoisotopic (exact) mass is 330 g/mol. The zero-order valence-corrected chi connectivity index (χ0v) is 14.7. The van der Waals surface area contributed by atoms with E-state index in [1.807, 2.05) is 12.3 Å². The van der Waals surface area contributed by atoms with E-state index in [1.165, 1.54) is 44.2 Å². The topological polar surface area (TPSA) is 40.6 Å². The number of anilines is 1. The average molecular weight is 330 g/mol. The highest BCUT2D eigenvalue weighted by atomic mass is 16.5. The molecule has 0 radical (unpaired) electrons. The third-order valence-electron chi connectivity index (χ3n) is 5.74. The molecule has 1 aromatic rings. The van der Waals surface area contributed by atoms with Crippen LogP contribution < -0.4 is 15.0 Å². The van der Waals surface area contributed by atoms with Crippen LogP contribution in [0.4, 0.5) is 5.82 Å². The van der Waals surface area contributed by atoms with Gasteiger partial charge in [0.25, 0.3) is 0 Å². The maximum absolute atomic E-state index is 5.68. The number of fused-ring (bicyclic) bond motifs is 1. The molecule has 0 spiro atoms. The lowest BCUT2D eigenvalue weighted by atomic mass is 9.95. The number of rotatable bonds is 5. The van der Waals surface area contributed by atoms with E-state index < -0.39 is 0 Å². The molecule has 1 saturated heterocycles. The summed E-state index contributed by atoms with van der Waals surface area (Å²) in [5.74, 6) is 2.20. The Kier molecular flexibility index (Phi) is 5.18. The smallest absolute Gasteiger partial charge is 0.135 e. The molecule has 1 aliphatic carbocycles. The molecule has 1 aromatic heterocycles. The molecular weight excluding hydrogens is 300 g/mol. The molecule has 0 bridgehead atoms. The minimum atomic E-state index is 0.774. The van der Waals surface area contributed by atoms with Crippen molar-refractivity contribution in [2.75, 3.05) is 50.8 Å². The van der Waals surface area contributed by atoms with Gasteiger partial charge in [0.2, 0.25) is 0 Å². The molecule has 5 nitrogen and oxygen atoms in total. The summed E-state index contributed by atoms with van der Waals surface area (Å²) in [6.07, 6.45) is 9.90. The molecule has 0 unspecified atom stereocenters. The van der Waals surface area contributed by atoms with Crippen LogP contribution >= 0.6 is 0 Å². The quantitative estimate of drug-likeness (QED) is 0.895. The maximum Gasteiger partial charge on any atom is 0.135 e. The number of aromatic nitrogens is 1. The molecule has 5 heteroatoms. The standard InChI is InChI=1S/C19H30N4O/c1-2-4-16(5-3-1)20-9-10-22-11-13-23(14-12-22)19-17-7-15-24-18(17)6-8-21-19/h6,8,16,20H,1-5,7,9-15H2. The van der Waals surface area contributed by atoms with Crippen molar-refractivity contribution in [1.29, 1.82) is 0 Å². The first-order valence-corrected chi connectivity index (χ1v) is 9.71. The number of hydrogen-bond donors (Lipinski definition) is 1. The lowest BCUT2D eigenvalue weighted by Gasteiger charge is -2.36. The van der Waals surface area contributed by atoms with Crippen molar-refractivity contribution in [3.8, 4) is 5.75 Å². The SMILES string of the molecule is c1cc2c(c(N3CCN(CCNC4CCCCC4)CC3)n1)CCO2. The van der Waals surface area contributed by atoms with Crippen LogP contribution in [0.1, 0.15) is 37.7 Å². The fourth-order valence-electron chi connectivity index (χ4n) is 4.29. The van der Waals surface area contributed by atoms with E-state index in [1.54, 1.807) is 0 Å². The maximum atomic E-state index is 5.68. The van der Waals surface area contributed by atoms with Crippen molar-refractivity contribution in [3.05, 3.63) is 17.8 Å². The molecule has 3 aliphatic rings. The summed E-state index contributed by atoms with van der Waals surface area (Å²) in [5.41, 5.74) is 1.31. The largest absolute Gasteiger partial charge is 0.493 e. The molecule has 1 saturated carbocycles. The lowest BCUT2D eigenvalue weighted by molar-refractivity contribution is 0.248. The number of nitrogens with zero attached hydrogens (tertiary/aromatic N) is 3. The summed E-state index contributed by atoms with van der Waals surface area (Å²) in [6.45, 7) is 7.54. The zero-order valence-electron chi connectivity index (χ0n) is 14.7. The third-order valence-corrected chi connectivity index (χ3v) is 5.74. The first kappa shape index (κ1) is 16.2. The minimum absolute atomic E-state index is 0.774. The molecule has 2 aliphatic heterocycles. The van der Waals surface area contributed by atoms with Gasteiger partial charge in [-0.1, -0.05) is 19.3 Å². The summed E-state index contributed by atoms with van der Waals surface area (Å²) in [7, 11) is 0. The Morgan fingerprint density at radius 3 is 2.79 bits per heavy atom. The van der Waals surface area contributed by atoms with Crippen LogP contribution in [0.5, 0.6) is 5.75 Å². The second-order valence-electron chi connectivity index (χ2n) is 7.33. The second kappa shape index (κ2) is 7.70. The van der Waals surface area contributed by atoms with Gasteiger partial charge in [-0.2, -0.15) is 0 Å². The van der Waals surface area contributed by atoms with Gasteiger partial charge in [0.1, 0.15) is 11.6 Å². The van der Waals surface area contributed by atoms with Crippen LogP contribution in [0.25, 0.3) is 0 Å². The van der Waals surface area contributed by atoms with Crippen molar-refractivity contribution >= 4 is 5.82 Å². The van der Waals surface area contributed by atoms with E-state index in [2.05, 4.69) is 20.1 Å². The number of nitrogens with one attached hydrogen (secondary N) is 1. The zero-order chi connectivity index (χ0) is 16.2. The number of pyridine rings is 1. The van der Waals surface area contributed by atoms with Crippen LogP contribution in [-0.2, 0) is 6.42 Å². The Morgan fingerprint density at radius 1 is 1.12 bits per heavy atom. The molecule has 3 heterocycles. The number of hydrogen-bond acceptors (Lipinski definition) is 5. The van der Waals surface area contributed by atoms with Gasteiger partial charge in [0.05, 0.1) is 6.61 Å². The summed E-state index contributed by atoms with van der Waals surface area (Å²) < 4.78 is 5.68. The highest BCUT2D eigenvalue weighted by Crippen LogP contribution is 2.32. The Labute approximate surface area is 145 Å². The van der Waals surface area contributed by atoms with Gasteiger partial charge in [-0.25, -0.2) is 4.98 Å². The second-order valence-corrected chi connectivity index (χ2v) is 7.33. The number of ether oxygens (including phenoxy) is 1.